The van der Waals surface area contributed by atoms with Gasteiger partial charge in [-0.3, -0.25) is 10.1 Å². The zero-order valence-electron chi connectivity index (χ0n) is 9.51. The average Bonchev–Trinajstić information content (AvgIpc) is 2.29. The van der Waals surface area contributed by atoms with Gasteiger partial charge in [-0.15, -0.1) is 0 Å². The van der Waals surface area contributed by atoms with Gasteiger partial charge in [0.25, 0.3) is 0 Å². The summed E-state index contributed by atoms with van der Waals surface area (Å²) in [6, 6.07) is 5.76. The summed E-state index contributed by atoms with van der Waals surface area (Å²) in [6.07, 6.45) is 1.12. The molecule has 0 aliphatic heterocycles. The van der Waals surface area contributed by atoms with Crippen LogP contribution in [0.1, 0.15) is 19.8 Å². The van der Waals surface area contributed by atoms with Gasteiger partial charge in [0.2, 0.25) is 5.75 Å². The molecule has 6 heteroatoms. The van der Waals surface area contributed by atoms with Crippen LogP contribution >= 0.6 is 0 Å². The van der Waals surface area contributed by atoms with Crippen molar-refractivity contribution in [3.63, 3.8) is 0 Å². The third kappa shape index (κ3) is 4.10. The third-order valence-corrected chi connectivity index (χ3v) is 2.06. The molecule has 1 N–H and O–H groups in total. The number of nitro groups is 1. The maximum atomic E-state index is 11.3. The lowest BCUT2D eigenvalue weighted by atomic mass is 10.3. The fourth-order valence-electron chi connectivity index (χ4n) is 1.20. The molecular weight excluding hydrogens is 224 g/mol. The van der Waals surface area contributed by atoms with Crippen LogP contribution in [0.5, 0.6) is 5.75 Å². The molecule has 0 saturated carbocycles. The van der Waals surface area contributed by atoms with E-state index in [1.165, 1.54) is 18.2 Å². The summed E-state index contributed by atoms with van der Waals surface area (Å²) >= 11 is 0. The summed E-state index contributed by atoms with van der Waals surface area (Å²) in [5.41, 5.74) is -0.224. The number of ether oxygens (including phenoxy) is 1. The Bertz CT molecular complexity index is 406. The van der Waals surface area contributed by atoms with Crippen LogP contribution in [0.4, 0.5) is 10.5 Å². The SMILES string of the molecule is CCCCNC(=O)Oc1ccccc1[N+](=O)[O-]. The van der Waals surface area contributed by atoms with E-state index in [1.54, 1.807) is 6.07 Å². The Labute approximate surface area is 98.7 Å². The molecule has 0 aliphatic rings. The minimum atomic E-state index is -0.673. The first-order chi connectivity index (χ1) is 8.15. The normalized spacial score (nSPS) is 9.71. The summed E-state index contributed by atoms with van der Waals surface area (Å²) < 4.78 is 4.86. The molecule has 0 heterocycles. The van der Waals surface area contributed by atoms with Crippen LogP contribution in [0.3, 0.4) is 0 Å². The van der Waals surface area contributed by atoms with Crippen molar-refractivity contribution in [1.82, 2.24) is 5.32 Å². The summed E-state index contributed by atoms with van der Waals surface area (Å²) in [7, 11) is 0. The van der Waals surface area contributed by atoms with E-state index in [1.807, 2.05) is 6.92 Å². The number of nitrogens with zero attached hydrogens (tertiary/aromatic N) is 1. The van der Waals surface area contributed by atoms with Gasteiger partial charge in [-0.05, 0) is 12.5 Å². The molecule has 0 fully saturated rings. The molecular formula is C11H14N2O4. The number of nitro benzene ring substituents is 1. The van der Waals surface area contributed by atoms with E-state index in [9.17, 15) is 14.9 Å². The van der Waals surface area contributed by atoms with E-state index in [0.717, 1.165) is 12.8 Å². The van der Waals surface area contributed by atoms with Gasteiger partial charge in [0.1, 0.15) is 0 Å². The maximum absolute atomic E-state index is 11.3. The number of unbranched alkanes of at least 4 members (excludes halogenated alkanes) is 1. The Kier molecular flexibility index (Phi) is 4.93. The van der Waals surface area contributed by atoms with E-state index in [0.29, 0.717) is 6.54 Å². The quantitative estimate of drug-likeness (QED) is 0.485. The average molecular weight is 238 g/mol. The standard InChI is InChI=1S/C11H14N2O4/c1-2-3-8-12-11(14)17-10-7-5-4-6-9(10)13(15)16/h4-7H,2-3,8H2,1H3,(H,12,14). The Morgan fingerprint density at radius 3 is 2.82 bits per heavy atom. The molecule has 1 amide bonds. The highest BCUT2D eigenvalue weighted by Gasteiger charge is 2.16. The molecule has 92 valence electrons. The maximum Gasteiger partial charge on any atom is 0.412 e. The number of nitrogens with one attached hydrogen (secondary N) is 1. The second-order valence-corrected chi connectivity index (χ2v) is 3.39. The minimum Gasteiger partial charge on any atom is -0.403 e. The number of rotatable bonds is 5. The van der Waals surface area contributed by atoms with Gasteiger partial charge in [0.15, 0.2) is 0 Å². The topological polar surface area (TPSA) is 81.5 Å². The predicted octanol–water partition coefficient (Wildman–Crippen LogP) is 2.48. The molecule has 0 atom stereocenters. The Balaban J connectivity index is 2.61. The first-order valence-electron chi connectivity index (χ1n) is 5.34. The molecule has 0 aromatic heterocycles. The number of amides is 1. The molecule has 1 rings (SSSR count). The number of carbonyl (C=O) groups is 1. The van der Waals surface area contributed by atoms with E-state index in [-0.39, 0.29) is 11.4 Å². The highest BCUT2D eigenvalue weighted by atomic mass is 16.6. The van der Waals surface area contributed by atoms with Crippen molar-refractivity contribution >= 4 is 11.8 Å². The van der Waals surface area contributed by atoms with Crippen molar-refractivity contribution in [2.24, 2.45) is 0 Å². The van der Waals surface area contributed by atoms with Crippen molar-refractivity contribution < 1.29 is 14.5 Å². The van der Waals surface area contributed by atoms with E-state index in [2.05, 4.69) is 5.32 Å². The lowest BCUT2D eigenvalue weighted by Crippen LogP contribution is -2.27. The summed E-state index contributed by atoms with van der Waals surface area (Å²) in [5.74, 6) is -0.0495. The van der Waals surface area contributed by atoms with Crippen molar-refractivity contribution in [3.05, 3.63) is 34.4 Å². The molecule has 0 aliphatic carbocycles. The third-order valence-electron chi connectivity index (χ3n) is 2.06. The van der Waals surface area contributed by atoms with Crippen LogP contribution in [-0.2, 0) is 0 Å². The summed E-state index contributed by atoms with van der Waals surface area (Å²) in [6.45, 7) is 2.49. The predicted molar refractivity (Wildman–Crippen MR) is 62.0 cm³/mol. The van der Waals surface area contributed by atoms with E-state index >= 15 is 0 Å². The van der Waals surface area contributed by atoms with Crippen molar-refractivity contribution in [3.8, 4) is 5.75 Å². The fourth-order valence-corrected chi connectivity index (χ4v) is 1.20. The first kappa shape index (κ1) is 13.0. The lowest BCUT2D eigenvalue weighted by molar-refractivity contribution is -0.385. The van der Waals surface area contributed by atoms with Crippen LogP contribution in [-0.4, -0.2) is 17.6 Å². The molecule has 0 bridgehead atoms. The zero-order chi connectivity index (χ0) is 12.7. The van der Waals surface area contributed by atoms with Gasteiger partial charge < -0.3 is 10.1 Å². The Hall–Kier alpha value is -2.11. The van der Waals surface area contributed by atoms with Gasteiger partial charge in [0, 0.05) is 12.6 Å². The number of benzene rings is 1. The minimum absolute atomic E-state index is 0.0495. The molecule has 1 aromatic rings. The Morgan fingerprint density at radius 1 is 1.47 bits per heavy atom. The molecule has 0 radical (unpaired) electrons. The van der Waals surface area contributed by atoms with Crippen LogP contribution in [0.2, 0.25) is 0 Å². The Morgan fingerprint density at radius 2 is 2.18 bits per heavy atom. The van der Waals surface area contributed by atoms with E-state index < -0.39 is 11.0 Å². The molecule has 17 heavy (non-hydrogen) atoms. The second-order valence-electron chi connectivity index (χ2n) is 3.39. The van der Waals surface area contributed by atoms with Gasteiger partial charge in [0.05, 0.1) is 4.92 Å². The largest absolute Gasteiger partial charge is 0.412 e. The van der Waals surface area contributed by atoms with Crippen LogP contribution in [0.25, 0.3) is 0 Å². The lowest BCUT2D eigenvalue weighted by Gasteiger charge is -2.05. The number of hydrogen-bond donors (Lipinski definition) is 1. The monoisotopic (exact) mass is 238 g/mol. The molecule has 0 spiro atoms. The number of hydrogen-bond acceptors (Lipinski definition) is 4. The van der Waals surface area contributed by atoms with Crippen LogP contribution < -0.4 is 10.1 Å². The molecule has 0 saturated heterocycles. The molecule has 6 nitrogen and oxygen atoms in total. The van der Waals surface area contributed by atoms with Gasteiger partial charge >= 0.3 is 11.8 Å². The second kappa shape index (κ2) is 6.47. The zero-order valence-corrected chi connectivity index (χ0v) is 9.51. The van der Waals surface area contributed by atoms with Crippen LogP contribution in [0, 0.1) is 10.1 Å². The van der Waals surface area contributed by atoms with Gasteiger partial charge in [-0.2, -0.15) is 0 Å². The van der Waals surface area contributed by atoms with Crippen LogP contribution in [0.15, 0.2) is 24.3 Å². The first-order valence-corrected chi connectivity index (χ1v) is 5.34. The fraction of sp³-hybridized carbons (Fsp3) is 0.364. The molecule has 1 aromatic carbocycles. The van der Waals surface area contributed by atoms with Gasteiger partial charge in [-0.25, -0.2) is 4.79 Å². The number of para-hydroxylation sites is 2. The highest BCUT2D eigenvalue weighted by Crippen LogP contribution is 2.25. The van der Waals surface area contributed by atoms with E-state index in [4.69, 9.17) is 4.74 Å². The summed E-state index contributed by atoms with van der Waals surface area (Å²) in [5, 5.41) is 13.2. The summed E-state index contributed by atoms with van der Waals surface area (Å²) in [4.78, 5) is 21.4. The van der Waals surface area contributed by atoms with Crippen molar-refractivity contribution in [2.45, 2.75) is 19.8 Å². The van der Waals surface area contributed by atoms with Gasteiger partial charge in [-0.1, -0.05) is 25.5 Å². The van der Waals surface area contributed by atoms with Crippen molar-refractivity contribution in [1.29, 1.82) is 0 Å². The van der Waals surface area contributed by atoms with Crippen molar-refractivity contribution in [2.75, 3.05) is 6.54 Å². The smallest absolute Gasteiger partial charge is 0.403 e. The molecule has 0 unspecified atom stereocenters. The number of carbonyl (C=O) groups excluding carboxylic acids is 1. The highest BCUT2D eigenvalue weighted by molar-refractivity contribution is 5.71.